The molecule has 10 heteroatoms. The second-order valence-corrected chi connectivity index (χ2v) is 9.77. The van der Waals surface area contributed by atoms with Crippen LogP contribution in [-0.4, -0.2) is 70.7 Å². The second-order valence-electron chi connectivity index (χ2n) is 9.77. The van der Waals surface area contributed by atoms with Crippen LogP contribution in [0.1, 0.15) is 38.2 Å². The Labute approximate surface area is 234 Å². The fourth-order valence-corrected chi connectivity index (χ4v) is 4.17. The number of benzene rings is 2. The van der Waals surface area contributed by atoms with Gasteiger partial charge in [-0.3, -0.25) is 4.79 Å². The van der Waals surface area contributed by atoms with E-state index in [-0.39, 0.29) is 51.6 Å². The molecule has 2 N–H and O–H groups in total. The van der Waals surface area contributed by atoms with E-state index >= 15 is 0 Å². The molecule has 0 aliphatic carbocycles. The lowest BCUT2D eigenvalue weighted by molar-refractivity contribution is 0.0356. The van der Waals surface area contributed by atoms with Gasteiger partial charge >= 0.3 is 6.03 Å². The van der Waals surface area contributed by atoms with Crippen LogP contribution >= 0.6 is 0 Å². The Kier molecular flexibility index (Phi) is 8.97. The zero-order valence-corrected chi connectivity index (χ0v) is 22.4. The Morgan fingerprint density at radius 3 is 2.45 bits per heavy atom. The van der Waals surface area contributed by atoms with Crippen LogP contribution in [0, 0.1) is 29.4 Å². The number of carbonyl (C=O) groups excluding carboxylic acids is 2. The minimum atomic E-state index is -0.548. The maximum absolute atomic E-state index is 13.6. The highest BCUT2D eigenvalue weighted by Crippen LogP contribution is 2.27. The summed E-state index contributed by atoms with van der Waals surface area (Å²) in [7, 11) is 1.61. The van der Waals surface area contributed by atoms with E-state index in [1.54, 1.807) is 37.1 Å². The molecule has 1 aromatic heterocycles. The number of urea groups is 1. The summed E-state index contributed by atoms with van der Waals surface area (Å²) in [6.07, 6.45) is 0.935. The molecule has 212 valence electrons. The van der Waals surface area contributed by atoms with Crippen LogP contribution < -0.4 is 10.1 Å². The second kappa shape index (κ2) is 12.6. The highest BCUT2D eigenvalue weighted by atomic mass is 19.1. The number of nitrogens with zero attached hydrogens (tertiary/aromatic N) is 3. The van der Waals surface area contributed by atoms with Gasteiger partial charge in [-0.25, -0.2) is 18.6 Å². The van der Waals surface area contributed by atoms with Crippen LogP contribution in [0.2, 0.25) is 0 Å². The number of nitrogens with one attached hydrogen (secondary N) is 1. The van der Waals surface area contributed by atoms with Crippen molar-refractivity contribution in [2.45, 2.75) is 26.0 Å². The van der Waals surface area contributed by atoms with Gasteiger partial charge in [0.1, 0.15) is 23.3 Å². The molecule has 1 aliphatic rings. The minimum Gasteiger partial charge on any atom is -0.472 e. The first-order valence-electron chi connectivity index (χ1n) is 12.8. The third-order valence-corrected chi connectivity index (χ3v) is 6.61. The summed E-state index contributed by atoms with van der Waals surface area (Å²) in [5.74, 6) is 4.60. The summed E-state index contributed by atoms with van der Waals surface area (Å²) in [4.78, 5) is 33.8. The number of likely N-dealkylation sites (N-methyl/N-ethyl adjacent to an activating group) is 1. The van der Waals surface area contributed by atoms with Gasteiger partial charge in [-0.1, -0.05) is 18.8 Å². The molecular formula is C30H34F2N4O4. The standard InChI is InChI=1S/C30H30F2N4O4.2H2/c1-19-16-36(20(2)18-37)29(38)26-14-22(5-4-21-6-8-23(31)9-7-21)15-33-28(26)40-27(19)17-35(3)30(39)34-25-12-10-24(32)11-13-25;;/h6-15,19-20,27,37H,16-18H2,1-3H3,(H,34,39);2*1H/t19-,20+,27-;;/m1../s1. The first kappa shape index (κ1) is 28.5. The topological polar surface area (TPSA) is 95.0 Å². The third kappa shape index (κ3) is 6.93. The smallest absolute Gasteiger partial charge is 0.321 e. The van der Waals surface area contributed by atoms with Gasteiger partial charge in [0.2, 0.25) is 5.88 Å². The predicted octanol–water partition coefficient (Wildman–Crippen LogP) is 4.64. The molecule has 2 heterocycles. The zero-order chi connectivity index (χ0) is 28.8. The summed E-state index contributed by atoms with van der Waals surface area (Å²) in [6, 6.07) is 11.9. The molecular weight excluding hydrogens is 518 g/mol. The number of aliphatic hydroxyl groups is 1. The number of aromatic nitrogens is 1. The molecule has 0 saturated heterocycles. The average Bonchev–Trinajstić information content (AvgIpc) is 2.95. The van der Waals surface area contributed by atoms with Crippen molar-refractivity contribution in [2.75, 3.05) is 32.1 Å². The SMILES string of the molecule is C[C@@H]1CN([C@@H](C)CO)C(=O)c2cc(C#Cc3ccc(F)cc3)cnc2O[C@@H]1CN(C)C(=O)Nc1ccc(F)cc1.[HH].[HH]. The lowest BCUT2D eigenvalue weighted by Gasteiger charge is -2.37. The molecule has 0 bridgehead atoms. The number of amides is 3. The van der Waals surface area contributed by atoms with Crippen LogP contribution in [0.15, 0.2) is 60.8 Å². The van der Waals surface area contributed by atoms with Crippen LogP contribution in [0.5, 0.6) is 5.88 Å². The first-order valence-corrected chi connectivity index (χ1v) is 12.8. The van der Waals surface area contributed by atoms with E-state index in [1.807, 2.05) is 6.92 Å². The van der Waals surface area contributed by atoms with Crippen LogP contribution in [-0.2, 0) is 0 Å². The number of rotatable bonds is 5. The summed E-state index contributed by atoms with van der Waals surface area (Å²) >= 11 is 0. The van der Waals surface area contributed by atoms with E-state index in [2.05, 4.69) is 22.1 Å². The van der Waals surface area contributed by atoms with Crippen LogP contribution in [0.4, 0.5) is 19.3 Å². The van der Waals surface area contributed by atoms with E-state index in [1.165, 1.54) is 47.5 Å². The van der Waals surface area contributed by atoms with Crippen molar-refractivity contribution in [3.63, 3.8) is 0 Å². The number of hydrogen-bond acceptors (Lipinski definition) is 5. The molecule has 0 unspecified atom stereocenters. The van der Waals surface area contributed by atoms with Crippen molar-refractivity contribution in [1.82, 2.24) is 14.8 Å². The largest absolute Gasteiger partial charge is 0.472 e. The Morgan fingerprint density at radius 2 is 1.80 bits per heavy atom. The first-order chi connectivity index (χ1) is 19.1. The Hall–Kier alpha value is -4.49. The van der Waals surface area contributed by atoms with Gasteiger partial charge in [-0.05, 0) is 61.5 Å². The van der Waals surface area contributed by atoms with E-state index in [0.29, 0.717) is 16.8 Å². The molecule has 3 atom stereocenters. The van der Waals surface area contributed by atoms with Crippen molar-refractivity contribution < 1.29 is 31.1 Å². The van der Waals surface area contributed by atoms with Crippen molar-refractivity contribution in [1.29, 1.82) is 0 Å². The van der Waals surface area contributed by atoms with Crippen molar-refractivity contribution in [3.05, 3.63) is 89.1 Å². The van der Waals surface area contributed by atoms with Gasteiger partial charge < -0.3 is 25.0 Å². The van der Waals surface area contributed by atoms with Gasteiger partial charge in [-0.15, -0.1) is 0 Å². The quantitative estimate of drug-likeness (QED) is 0.450. The monoisotopic (exact) mass is 552 g/mol. The fourth-order valence-electron chi connectivity index (χ4n) is 4.17. The summed E-state index contributed by atoms with van der Waals surface area (Å²) in [6.45, 7) is 3.83. The molecule has 0 fully saturated rings. The summed E-state index contributed by atoms with van der Waals surface area (Å²) < 4.78 is 32.6. The van der Waals surface area contributed by atoms with E-state index in [0.717, 1.165) is 0 Å². The zero-order valence-electron chi connectivity index (χ0n) is 22.4. The van der Waals surface area contributed by atoms with E-state index in [4.69, 9.17) is 4.74 Å². The Bertz CT molecular complexity index is 1430. The fraction of sp³-hybridized carbons (Fsp3) is 0.300. The van der Waals surface area contributed by atoms with Crippen molar-refractivity contribution in [2.24, 2.45) is 5.92 Å². The van der Waals surface area contributed by atoms with Crippen molar-refractivity contribution in [3.8, 4) is 17.7 Å². The summed E-state index contributed by atoms with van der Waals surface area (Å²) in [5, 5.41) is 12.6. The molecule has 8 nitrogen and oxygen atoms in total. The predicted molar refractivity (Wildman–Crippen MR) is 150 cm³/mol. The Balaban J connectivity index is 0.00000308. The molecule has 4 rings (SSSR count). The molecule has 0 saturated carbocycles. The van der Waals surface area contributed by atoms with Crippen molar-refractivity contribution >= 4 is 17.6 Å². The van der Waals surface area contributed by atoms with Crippen LogP contribution in [0.25, 0.3) is 0 Å². The molecule has 40 heavy (non-hydrogen) atoms. The van der Waals surface area contributed by atoms with Crippen LogP contribution in [0.3, 0.4) is 0 Å². The van der Waals surface area contributed by atoms with Gasteiger partial charge in [0, 0.05) is 45.4 Å². The highest BCUT2D eigenvalue weighted by Gasteiger charge is 2.34. The average molecular weight is 553 g/mol. The molecule has 3 amide bonds. The minimum absolute atomic E-state index is 0. The molecule has 2 aromatic carbocycles. The molecule has 0 spiro atoms. The number of carbonyl (C=O) groups is 2. The van der Waals surface area contributed by atoms with E-state index < -0.39 is 24.0 Å². The molecule has 3 aromatic rings. The molecule has 1 aliphatic heterocycles. The maximum Gasteiger partial charge on any atom is 0.321 e. The number of pyridine rings is 1. The van der Waals surface area contributed by atoms with Gasteiger partial charge in [-0.2, -0.15) is 0 Å². The lowest BCUT2D eigenvalue weighted by atomic mass is 10.00. The van der Waals surface area contributed by atoms with Gasteiger partial charge in [0.05, 0.1) is 19.2 Å². The lowest BCUT2D eigenvalue weighted by Crippen LogP contribution is -2.50. The third-order valence-electron chi connectivity index (χ3n) is 6.61. The van der Waals surface area contributed by atoms with E-state index in [9.17, 15) is 23.5 Å². The maximum atomic E-state index is 13.6. The number of aliphatic hydroxyl groups excluding tert-OH is 1. The molecule has 0 radical (unpaired) electrons. The van der Waals surface area contributed by atoms with Gasteiger partial charge in [0.15, 0.2) is 0 Å². The number of ether oxygens (including phenoxy) is 1. The van der Waals surface area contributed by atoms with Gasteiger partial charge in [0.25, 0.3) is 5.91 Å². The number of anilines is 1. The highest BCUT2D eigenvalue weighted by molar-refractivity contribution is 5.97. The number of hydrogen-bond donors (Lipinski definition) is 2. The normalized spacial score (nSPS) is 17.4. The Morgan fingerprint density at radius 1 is 1.18 bits per heavy atom. The number of halogens is 2. The summed E-state index contributed by atoms with van der Waals surface area (Å²) in [5.41, 5.74) is 1.68. The number of fused-ring (bicyclic) bond motifs is 1.